The van der Waals surface area contributed by atoms with E-state index in [1.807, 2.05) is 6.07 Å². The van der Waals surface area contributed by atoms with Gasteiger partial charge in [0.15, 0.2) is 0 Å². The molecule has 8 nitrogen and oxygen atoms in total. The maximum atomic E-state index is 13.1. The van der Waals surface area contributed by atoms with Crippen LogP contribution in [0.4, 0.5) is 0 Å². The van der Waals surface area contributed by atoms with Crippen LogP contribution in [-0.4, -0.2) is 55.0 Å². The zero-order chi connectivity index (χ0) is 22.2. The number of benzene rings is 2. The number of fused-ring (bicyclic) bond motifs is 3. The summed E-state index contributed by atoms with van der Waals surface area (Å²) in [5.41, 5.74) is 5.10. The lowest BCUT2D eigenvalue weighted by Gasteiger charge is -2.29. The smallest absolute Gasteiger partial charge is 0.294 e. The first-order valence-corrected chi connectivity index (χ1v) is 11.2. The molecule has 166 valence electrons. The first kappa shape index (κ1) is 19.9. The van der Waals surface area contributed by atoms with E-state index in [2.05, 4.69) is 56.4 Å². The molecular weight excluding hydrogens is 416 g/mol. The highest BCUT2D eigenvalue weighted by molar-refractivity contribution is 5.91. The van der Waals surface area contributed by atoms with Crippen molar-refractivity contribution >= 4 is 11.7 Å². The monoisotopic (exact) mass is 440 g/mol. The number of rotatable bonds is 3. The van der Waals surface area contributed by atoms with Gasteiger partial charge in [-0.15, -0.1) is 5.10 Å². The highest BCUT2D eigenvalue weighted by Gasteiger charge is 2.25. The maximum Gasteiger partial charge on any atom is 0.294 e. The van der Waals surface area contributed by atoms with Gasteiger partial charge in [-0.3, -0.25) is 9.69 Å². The Balaban J connectivity index is 1.20. The van der Waals surface area contributed by atoms with Crippen LogP contribution in [0.3, 0.4) is 0 Å². The Hall–Kier alpha value is -3.78. The zero-order valence-corrected chi connectivity index (χ0v) is 18.2. The first-order chi connectivity index (χ1) is 16.2. The third-order valence-electron chi connectivity index (χ3n) is 6.32. The van der Waals surface area contributed by atoms with Crippen molar-refractivity contribution in [3.05, 3.63) is 89.0 Å². The van der Waals surface area contributed by atoms with Crippen molar-refractivity contribution in [3.63, 3.8) is 0 Å². The van der Waals surface area contributed by atoms with Crippen molar-refractivity contribution in [1.29, 1.82) is 0 Å². The second-order valence-electron chi connectivity index (χ2n) is 8.55. The van der Waals surface area contributed by atoms with Gasteiger partial charge in [-0.05, 0) is 41.3 Å². The lowest BCUT2D eigenvalue weighted by molar-refractivity contribution is 0.0721. The fourth-order valence-electron chi connectivity index (χ4n) is 4.63. The summed E-state index contributed by atoms with van der Waals surface area (Å²) in [5.74, 6) is 1.19. The third kappa shape index (κ3) is 3.93. The Bertz CT molecular complexity index is 1300. The Morgan fingerprint density at radius 2 is 1.91 bits per heavy atom. The summed E-state index contributed by atoms with van der Waals surface area (Å²) < 4.78 is 7.47. The quantitative estimate of drug-likeness (QED) is 0.488. The fourth-order valence-corrected chi connectivity index (χ4v) is 4.63. The lowest BCUT2D eigenvalue weighted by Crippen LogP contribution is -2.33. The van der Waals surface area contributed by atoms with Crippen molar-refractivity contribution in [3.8, 4) is 5.75 Å². The minimum absolute atomic E-state index is 0.153. The molecule has 2 aliphatic heterocycles. The summed E-state index contributed by atoms with van der Waals surface area (Å²) in [4.78, 5) is 25.8. The molecule has 8 heteroatoms. The van der Waals surface area contributed by atoms with E-state index >= 15 is 0 Å². The molecule has 0 spiro atoms. The van der Waals surface area contributed by atoms with Gasteiger partial charge in [0.2, 0.25) is 5.82 Å². The van der Waals surface area contributed by atoms with E-state index in [-0.39, 0.29) is 11.7 Å². The zero-order valence-electron chi connectivity index (χ0n) is 18.2. The molecule has 33 heavy (non-hydrogen) atoms. The number of aromatic nitrogens is 4. The second kappa shape index (κ2) is 8.29. The van der Waals surface area contributed by atoms with Crippen LogP contribution < -0.4 is 4.74 Å². The van der Waals surface area contributed by atoms with Gasteiger partial charge in [-0.2, -0.15) is 4.98 Å². The average Bonchev–Trinajstić information content (AvgIpc) is 3.17. The maximum absolute atomic E-state index is 13.1. The largest absolute Gasteiger partial charge is 0.491 e. The van der Waals surface area contributed by atoms with Crippen LogP contribution in [-0.2, 0) is 26.1 Å². The van der Waals surface area contributed by atoms with Crippen molar-refractivity contribution in [1.82, 2.24) is 29.4 Å². The van der Waals surface area contributed by atoms with Crippen LogP contribution in [0.25, 0.3) is 5.78 Å². The molecule has 0 fully saturated rings. The van der Waals surface area contributed by atoms with E-state index in [1.54, 1.807) is 23.4 Å². The summed E-state index contributed by atoms with van der Waals surface area (Å²) in [6.07, 6.45) is 4.45. The topological polar surface area (TPSA) is 75.9 Å². The highest BCUT2D eigenvalue weighted by atomic mass is 16.5. The minimum atomic E-state index is -0.213. The molecule has 1 amide bonds. The summed E-state index contributed by atoms with van der Waals surface area (Å²) in [6.45, 7) is 4.26. The second-order valence-corrected chi connectivity index (χ2v) is 8.55. The predicted octanol–water partition coefficient (Wildman–Crippen LogP) is 2.72. The average molecular weight is 441 g/mol. The number of nitrogens with zero attached hydrogens (tertiary/aromatic N) is 6. The number of carbonyl (C=O) groups excluding carboxylic acids is 1. The molecule has 2 aromatic carbocycles. The minimum Gasteiger partial charge on any atom is -0.491 e. The molecule has 4 aromatic rings. The Labute approximate surface area is 191 Å². The molecule has 4 heterocycles. The third-order valence-corrected chi connectivity index (χ3v) is 6.32. The van der Waals surface area contributed by atoms with Gasteiger partial charge in [-0.1, -0.05) is 30.3 Å². The van der Waals surface area contributed by atoms with Gasteiger partial charge in [0.1, 0.15) is 12.4 Å². The molecule has 0 radical (unpaired) electrons. The van der Waals surface area contributed by atoms with Gasteiger partial charge in [-0.25, -0.2) is 9.50 Å². The van der Waals surface area contributed by atoms with Crippen LogP contribution in [0.5, 0.6) is 5.75 Å². The van der Waals surface area contributed by atoms with Crippen molar-refractivity contribution in [2.24, 2.45) is 0 Å². The molecule has 6 rings (SSSR count). The van der Waals surface area contributed by atoms with E-state index in [0.29, 0.717) is 25.5 Å². The number of hydrogen-bond acceptors (Lipinski definition) is 6. The normalized spacial score (nSPS) is 16.1. The van der Waals surface area contributed by atoms with Gasteiger partial charge in [0.05, 0.1) is 6.54 Å². The van der Waals surface area contributed by atoms with Crippen molar-refractivity contribution < 1.29 is 9.53 Å². The summed E-state index contributed by atoms with van der Waals surface area (Å²) >= 11 is 0. The molecule has 0 atom stereocenters. The predicted molar refractivity (Wildman–Crippen MR) is 122 cm³/mol. The summed E-state index contributed by atoms with van der Waals surface area (Å²) in [7, 11) is 0. The Kier molecular flexibility index (Phi) is 4.99. The molecule has 2 aromatic heterocycles. The molecule has 0 N–H and O–H groups in total. The van der Waals surface area contributed by atoms with E-state index in [1.165, 1.54) is 21.2 Å². The van der Waals surface area contributed by atoms with Crippen molar-refractivity contribution in [2.75, 3.05) is 19.7 Å². The van der Waals surface area contributed by atoms with Gasteiger partial charge < -0.3 is 9.64 Å². The highest BCUT2D eigenvalue weighted by Crippen LogP contribution is 2.27. The summed E-state index contributed by atoms with van der Waals surface area (Å²) in [5, 5.41) is 4.29. The molecular formula is C25H24N6O2. The number of amides is 1. The van der Waals surface area contributed by atoms with Crippen LogP contribution in [0.1, 0.15) is 32.9 Å². The molecule has 0 saturated carbocycles. The Morgan fingerprint density at radius 1 is 1.00 bits per heavy atom. The number of carbonyl (C=O) groups is 1. The first-order valence-electron chi connectivity index (χ1n) is 11.2. The van der Waals surface area contributed by atoms with Crippen LogP contribution in [0.15, 0.2) is 60.9 Å². The van der Waals surface area contributed by atoms with Crippen LogP contribution in [0.2, 0.25) is 0 Å². The number of ether oxygens (including phenoxy) is 1. The molecule has 0 saturated heterocycles. The molecule has 0 unspecified atom stereocenters. The molecule has 0 aliphatic carbocycles. The Morgan fingerprint density at radius 3 is 2.82 bits per heavy atom. The van der Waals surface area contributed by atoms with Gasteiger partial charge in [0, 0.05) is 44.1 Å². The fraction of sp³-hybridized carbons (Fsp3) is 0.280. The van der Waals surface area contributed by atoms with E-state index in [9.17, 15) is 4.79 Å². The van der Waals surface area contributed by atoms with Crippen LogP contribution in [0, 0.1) is 0 Å². The van der Waals surface area contributed by atoms with E-state index < -0.39 is 0 Å². The lowest BCUT2D eigenvalue weighted by atomic mass is 9.99. The van der Waals surface area contributed by atoms with Crippen LogP contribution >= 0.6 is 0 Å². The van der Waals surface area contributed by atoms with Gasteiger partial charge >= 0.3 is 0 Å². The van der Waals surface area contributed by atoms with Gasteiger partial charge in [0.25, 0.3) is 11.7 Å². The standard InChI is InChI=1S/C25H24N6O2/c32-24(23-27-25-26-9-3-10-31(25)28-23)30-12-13-33-22-7-6-18(14-21(22)17-30)15-29-11-8-19-4-1-2-5-20(19)16-29/h1-7,9-10,14H,8,11-13,15-17H2. The number of hydrogen-bond donors (Lipinski definition) is 0. The molecule has 0 bridgehead atoms. The molecule has 2 aliphatic rings. The summed E-state index contributed by atoms with van der Waals surface area (Å²) in [6, 6.07) is 16.8. The van der Waals surface area contributed by atoms with Crippen molar-refractivity contribution in [2.45, 2.75) is 26.1 Å². The SMILES string of the molecule is O=C(c1nc2ncccn2n1)N1CCOc2ccc(CN3CCc4ccccc4C3)cc2C1. The van der Waals surface area contributed by atoms with E-state index in [4.69, 9.17) is 4.74 Å². The van der Waals surface area contributed by atoms with E-state index in [0.717, 1.165) is 37.4 Å².